The maximum Gasteiger partial charge on any atom is 0.304 e. The van der Waals surface area contributed by atoms with Crippen LogP contribution in [0.25, 0.3) is 0 Å². The molecule has 0 aliphatic carbocycles. The molecule has 0 bridgehead atoms. The second-order valence-corrected chi connectivity index (χ2v) is 20.8. The van der Waals surface area contributed by atoms with Crippen LogP contribution in [0.1, 0.15) is 0 Å². The Labute approximate surface area is 277 Å². The lowest BCUT2D eigenvalue weighted by atomic mass is 11.2. The fourth-order valence-electron chi connectivity index (χ4n) is 3.77. The van der Waals surface area contributed by atoms with Crippen molar-refractivity contribution in [3.05, 3.63) is 0 Å². The third-order valence-electron chi connectivity index (χ3n) is 5.03. The zero-order valence-electron chi connectivity index (χ0n) is 31.7. The van der Waals surface area contributed by atoms with Crippen molar-refractivity contribution >= 4 is 37.1 Å². The molecular formula is C20H72N20Si4. The summed E-state index contributed by atoms with van der Waals surface area (Å²) < 4.78 is 4.78. The summed E-state index contributed by atoms with van der Waals surface area (Å²) in [4.78, 5) is 0. The minimum atomic E-state index is -1.70. The van der Waals surface area contributed by atoms with Crippen LogP contribution >= 0.6 is 0 Å². The highest BCUT2D eigenvalue weighted by Crippen LogP contribution is 1.99. The van der Waals surface area contributed by atoms with E-state index in [1.165, 1.54) is 0 Å². The van der Waals surface area contributed by atoms with Crippen LogP contribution in [0.3, 0.4) is 0 Å². The van der Waals surface area contributed by atoms with E-state index < -0.39 is 37.1 Å². The van der Waals surface area contributed by atoms with Gasteiger partial charge in [0.05, 0.1) is 0 Å². The Balaban J connectivity index is 0. The van der Waals surface area contributed by atoms with Gasteiger partial charge in [0, 0.05) is 141 Å². The van der Waals surface area contributed by atoms with Gasteiger partial charge < -0.3 is 0 Å². The van der Waals surface area contributed by atoms with Crippen LogP contribution in [0.2, 0.25) is 0 Å². The van der Waals surface area contributed by atoms with E-state index in [-0.39, 0.29) is 0 Å². The predicted octanol–water partition coefficient (Wildman–Crippen LogP) is -7.07. The molecule has 0 radical (unpaired) electrons. The van der Waals surface area contributed by atoms with Gasteiger partial charge in [-0.05, 0) is 0 Å². The molecule has 0 aromatic carbocycles. The standard InChI is InChI=1S/2C10H36N10Si2/c2*1-15(2)11-21(12-16(3)4)20(19(9)10)22(13-17(5)6)14-18(7)8/h2*11-14,21-22H,1-10H3. The summed E-state index contributed by atoms with van der Waals surface area (Å²) in [7, 11) is 33.7. The first kappa shape index (κ1) is 46.2. The van der Waals surface area contributed by atoms with Crippen LogP contribution in [-0.4, -0.2) is 237 Å². The van der Waals surface area contributed by atoms with Gasteiger partial charge in [0.25, 0.3) is 0 Å². The van der Waals surface area contributed by atoms with E-state index in [0.29, 0.717) is 0 Å². The van der Waals surface area contributed by atoms with E-state index in [9.17, 15) is 0 Å². The first-order chi connectivity index (χ1) is 20.1. The fourth-order valence-corrected chi connectivity index (χ4v) is 14.7. The average molecular weight is 705 g/mol. The van der Waals surface area contributed by atoms with Gasteiger partial charge in [-0.2, -0.15) is 0 Å². The van der Waals surface area contributed by atoms with E-state index in [0.717, 1.165) is 0 Å². The Hall–Kier alpha value is 0.0675. The van der Waals surface area contributed by atoms with Crippen molar-refractivity contribution in [3.63, 3.8) is 0 Å². The maximum atomic E-state index is 3.54. The highest BCUT2D eigenvalue weighted by molar-refractivity contribution is 6.67. The van der Waals surface area contributed by atoms with E-state index >= 15 is 0 Å². The average Bonchev–Trinajstić information content (AvgIpc) is 2.75. The van der Waals surface area contributed by atoms with Gasteiger partial charge in [-0.25, -0.2) is 8.68 Å². The zero-order valence-corrected chi connectivity index (χ0v) is 36.3. The maximum absolute atomic E-state index is 3.54. The lowest BCUT2D eigenvalue weighted by molar-refractivity contribution is 0.158. The number of hydrogen-bond donors (Lipinski definition) is 8. The van der Waals surface area contributed by atoms with E-state index in [4.69, 9.17) is 0 Å². The van der Waals surface area contributed by atoms with Gasteiger partial charge in [-0.3, -0.25) is 90.8 Å². The highest BCUT2D eigenvalue weighted by atomic mass is 28.4. The lowest BCUT2D eigenvalue weighted by Crippen LogP contribution is -2.79. The molecule has 0 heterocycles. The van der Waals surface area contributed by atoms with Crippen molar-refractivity contribution < 1.29 is 0 Å². The molecule has 20 nitrogen and oxygen atoms in total. The largest absolute Gasteiger partial charge is 0.304 e. The van der Waals surface area contributed by atoms with Crippen LogP contribution < -0.4 is 40.7 Å². The molecule has 0 spiro atoms. The molecule has 268 valence electrons. The van der Waals surface area contributed by atoms with Crippen molar-refractivity contribution in [2.24, 2.45) is 0 Å². The topological polar surface area (TPSA) is 135 Å². The normalized spacial score (nSPS) is 13.4. The zero-order chi connectivity index (χ0) is 34.9. The van der Waals surface area contributed by atoms with Crippen molar-refractivity contribution in [1.82, 2.24) is 99.5 Å². The molecule has 0 amide bonds. The second kappa shape index (κ2) is 24.2. The van der Waals surface area contributed by atoms with Gasteiger partial charge in [0.2, 0.25) is 0 Å². The molecule has 0 aromatic rings. The Bertz CT molecular complexity index is 546. The SMILES string of the molecule is CN(C)N[SiH](NN(C)C)N(N(C)C)[SiH](NN(C)C)NN(C)C.CN(C)N[SiH](NN(C)C)N(N(C)C)[SiH](NN(C)C)NN(C)C. The van der Waals surface area contributed by atoms with Crippen LogP contribution in [0.4, 0.5) is 0 Å². The quantitative estimate of drug-likeness (QED) is 0.0401. The van der Waals surface area contributed by atoms with Crippen molar-refractivity contribution in [2.75, 3.05) is 141 Å². The van der Waals surface area contributed by atoms with Gasteiger partial charge in [0.15, 0.2) is 0 Å². The van der Waals surface area contributed by atoms with Crippen LogP contribution in [0.5, 0.6) is 0 Å². The van der Waals surface area contributed by atoms with Crippen LogP contribution in [-0.2, 0) is 0 Å². The Morgan fingerprint density at radius 2 is 0.341 bits per heavy atom. The smallest absolute Gasteiger partial charge is 0.257 e. The third kappa shape index (κ3) is 22.6. The molecule has 0 atom stereocenters. The molecule has 0 saturated heterocycles. The summed E-state index contributed by atoms with van der Waals surface area (Å²) in [5, 5.41) is 48.6. The molecule has 0 fully saturated rings. The first-order valence-corrected chi connectivity index (χ1v) is 21.2. The molecule has 0 aliphatic heterocycles. The van der Waals surface area contributed by atoms with Gasteiger partial charge in [-0.1, -0.05) is 0 Å². The summed E-state index contributed by atoms with van der Waals surface area (Å²) in [6.07, 6.45) is 0. The van der Waals surface area contributed by atoms with Crippen LogP contribution in [0, 0.1) is 0 Å². The van der Waals surface area contributed by atoms with Crippen molar-refractivity contribution in [2.45, 2.75) is 0 Å². The van der Waals surface area contributed by atoms with Gasteiger partial charge >= 0.3 is 37.1 Å². The van der Waals surface area contributed by atoms with E-state index in [2.05, 4.69) is 87.6 Å². The molecule has 0 saturated carbocycles. The minimum absolute atomic E-state index is 1.70. The summed E-state index contributed by atoms with van der Waals surface area (Å²) in [6.45, 7) is 0. The van der Waals surface area contributed by atoms with Crippen molar-refractivity contribution in [1.29, 1.82) is 0 Å². The van der Waals surface area contributed by atoms with E-state index in [1.807, 2.05) is 153 Å². The molecular weight excluding hydrogens is 633 g/mol. The van der Waals surface area contributed by atoms with E-state index in [1.54, 1.807) is 0 Å². The summed E-state index contributed by atoms with van der Waals surface area (Å²) in [5.74, 6) is 0. The number of hydrazine groups is 10. The van der Waals surface area contributed by atoms with Gasteiger partial charge in [-0.15, -0.1) is 0 Å². The molecule has 0 unspecified atom stereocenters. The monoisotopic (exact) mass is 705 g/mol. The Kier molecular flexibility index (Phi) is 25.5. The number of hydrogen-bond acceptors (Lipinski definition) is 20. The Morgan fingerprint density at radius 3 is 0.409 bits per heavy atom. The van der Waals surface area contributed by atoms with Gasteiger partial charge in [0.1, 0.15) is 0 Å². The first-order valence-electron chi connectivity index (χ1n) is 14.5. The molecule has 0 aromatic heterocycles. The predicted molar refractivity (Wildman–Crippen MR) is 194 cm³/mol. The fraction of sp³-hybridized carbons (Fsp3) is 1.00. The van der Waals surface area contributed by atoms with Crippen molar-refractivity contribution in [3.8, 4) is 0 Å². The number of nitrogens with one attached hydrogen (secondary N) is 8. The summed E-state index contributed by atoms with van der Waals surface area (Å²) in [6, 6.07) is 0. The summed E-state index contributed by atoms with van der Waals surface area (Å²) >= 11 is 0. The van der Waals surface area contributed by atoms with Crippen LogP contribution in [0.15, 0.2) is 0 Å². The number of nitrogens with zero attached hydrogens (tertiary/aromatic N) is 12. The molecule has 24 heteroatoms. The highest BCUT2D eigenvalue weighted by Gasteiger charge is 2.35. The molecule has 0 aliphatic rings. The number of rotatable bonds is 22. The second-order valence-electron chi connectivity index (χ2n) is 12.3. The molecule has 0 rings (SSSR count). The molecule has 8 N–H and O–H groups in total. The Morgan fingerprint density at radius 1 is 0.227 bits per heavy atom. The molecule has 44 heavy (non-hydrogen) atoms. The third-order valence-corrected chi connectivity index (χ3v) is 18.7. The lowest BCUT2D eigenvalue weighted by Gasteiger charge is -2.44. The summed E-state index contributed by atoms with van der Waals surface area (Å²) in [5.41, 5.74) is 0. The minimum Gasteiger partial charge on any atom is -0.257 e.